The highest BCUT2D eigenvalue weighted by atomic mass is 32.2. The monoisotopic (exact) mass is 267 g/mol. The van der Waals surface area contributed by atoms with Crippen LogP contribution in [0.5, 0.6) is 5.75 Å². The Hall–Kier alpha value is -0.870. The fourth-order valence-electron chi connectivity index (χ4n) is 2.21. The summed E-state index contributed by atoms with van der Waals surface area (Å²) in [5.74, 6) is 2.89. The number of rotatable bonds is 3. The first-order valence-corrected chi connectivity index (χ1v) is 7.99. The number of ether oxygens (including phenoxy) is 1. The Bertz CT molecular complexity index is 405. The average molecular weight is 267 g/mol. The first-order chi connectivity index (χ1) is 8.69. The highest BCUT2D eigenvalue weighted by Gasteiger charge is 2.21. The Balaban J connectivity index is 2.07. The fraction of sp³-hybridized carbons (Fsp3) is 0.571. The molecule has 1 aliphatic heterocycles. The molecule has 1 heterocycles. The van der Waals surface area contributed by atoms with Gasteiger partial charge in [-0.25, -0.2) is 0 Å². The van der Waals surface area contributed by atoms with Gasteiger partial charge in [0.1, 0.15) is 5.75 Å². The van der Waals surface area contributed by atoms with Crippen molar-refractivity contribution in [3.8, 4) is 5.75 Å². The van der Waals surface area contributed by atoms with Crippen LogP contribution in [0.3, 0.4) is 0 Å². The van der Waals surface area contributed by atoms with E-state index in [2.05, 4.69) is 24.4 Å². The predicted octanol–water partition coefficient (Wildman–Crippen LogP) is 2.11. The summed E-state index contributed by atoms with van der Waals surface area (Å²) in [4.78, 5) is 0. The minimum atomic E-state index is -0.721. The van der Waals surface area contributed by atoms with E-state index in [1.54, 1.807) is 0 Å². The summed E-state index contributed by atoms with van der Waals surface area (Å²) in [6, 6.07) is 8.30. The molecule has 0 aliphatic carbocycles. The van der Waals surface area contributed by atoms with E-state index in [4.69, 9.17) is 4.74 Å². The third kappa shape index (κ3) is 3.56. The summed E-state index contributed by atoms with van der Waals surface area (Å²) in [6.07, 6.45) is 0. The molecule has 1 aliphatic rings. The second kappa shape index (κ2) is 6.34. The molecule has 0 saturated carbocycles. The lowest BCUT2D eigenvalue weighted by atomic mass is 10.1. The van der Waals surface area contributed by atoms with Crippen LogP contribution in [0, 0.1) is 5.92 Å². The normalized spacial score (nSPS) is 28.7. The van der Waals surface area contributed by atoms with Crippen LogP contribution < -0.4 is 10.1 Å². The lowest BCUT2D eigenvalue weighted by molar-refractivity contribution is 0.340. The fourth-order valence-corrected chi connectivity index (χ4v) is 3.78. The molecule has 1 aromatic carbocycles. The molecule has 0 aromatic heterocycles. The van der Waals surface area contributed by atoms with Crippen molar-refractivity contribution in [3.05, 3.63) is 29.8 Å². The molecule has 0 spiro atoms. The molecule has 4 heteroatoms. The van der Waals surface area contributed by atoms with Gasteiger partial charge in [-0.15, -0.1) is 0 Å². The van der Waals surface area contributed by atoms with Gasteiger partial charge in [-0.1, -0.05) is 19.1 Å². The van der Waals surface area contributed by atoms with Crippen molar-refractivity contribution in [3.63, 3.8) is 0 Å². The van der Waals surface area contributed by atoms with Gasteiger partial charge in [0.2, 0.25) is 0 Å². The largest absolute Gasteiger partial charge is 0.494 e. The van der Waals surface area contributed by atoms with E-state index in [-0.39, 0.29) is 6.04 Å². The Labute approximate surface area is 111 Å². The molecule has 1 saturated heterocycles. The van der Waals surface area contributed by atoms with Crippen molar-refractivity contribution in [2.45, 2.75) is 19.9 Å². The van der Waals surface area contributed by atoms with Crippen LogP contribution in [0.4, 0.5) is 0 Å². The summed E-state index contributed by atoms with van der Waals surface area (Å²) >= 11 is 0. The van der Waals surface area contributed by atoms with Crippen molar-refractivity contribution in [2.75, 3.05) is 24.7 Å². The summed E-state index contributed by atoms with van der Waals surface area (Å²) < 4.78 is 17.3. The topological polar surface area (TPSA) is 38.3 Å². The van der Waals surface area contributed by atoms with Crippen LogP contribution in [0.25, 0.3) is 0 Å². The van der Waals surface area contributed by atoms with E-state index >= 15 is 0 Å². The smallest absolute Gasteiger partial charge is 0.119 e. The van der Waals surface area contributed by atoms with Crippen LogP contribution in [0.2, 0.25) is 0 Å². The van der Waals surface area contributed by atoms with E-state index in [9.17, 15) is 4.21 Å². The first kappa shape index (κ1) is 13.6. The summed E-state index contributed by atoms with van der Waals surface area (Å²) in [5.41, 5.74) is 1.20. The Morgan fingerprint density at radius 1 is 1.33 bits per heavy atom. The Morgan fingerprint density at radius 3 is 2.72 bits per heavy atom. The van der Waals surface area contributed by atoms with Gasteiger partial charge >= 0.3 is 0 Å². The van der Waals surface area contributed by atoms with Crippen LogP contribution in [-0.2, 0) is 10.8 Å². The number of hydrogen-bond acceptors (Lipinski definition) is 3. The van der Waals surface area contributed by atoms with Crippen LogP contribution >= 0.6 is 0 Å². The minimum absolute atomic E-state index is 0.200. The number of benzene rings is 1. The molecule has 0 bridgehead atoms. The van der Waals surface area contributed by atoms with E-state index in [0.717, 1.165) is 18.0 Å². The standard InChI is InChI=1S/C14H21NO2S/c1-3-17-13-6-4-12(5-7-13)14-10-18(16)9-11(2)8-15-14/h4-7,11,14-15H,3,8-10H2,1-2H3. The molecule has 2 rings (SSSR count). The van der Waals surface area contributed by atoms with E-state index in [1.165, 1.54) is 5.56 Å². The van der Waals surface area contributed by atoms with Crippen LogP contribution in [0.1, 0.15) is 25.5 Å². The lowest BCUT2D eigenvalue weighted by Crippen LogP contribution is -2.25. The summed E-state index contributed by atoms with van der Waals surface area (Å²) in [7, 11) is -0.721. The predicted molar refractivity (Wildman–Crippen MR) is 75.4 cm³/mol. The van der Waals surface area contributed by atoms with Crippen molar-refractivity contribution >= 4 is 10.8 Å². The van der Waals surface area contributed by atoms with Gasteiger partial charge < -0.3 is 10.1 Å². The molecule has 3 nitrogen and oxygen atoms in total. The maximum atomic E-state index is 11.9. The third-order valence-corrected chi connectivity index (χ3v) is 4.78. The van der Waals surface area contributed by atoms with Gasteiger partial charge in [-0.2, -0.15) is 0 Å². The van der Waals surface area contributed by atoms with E-state index in [0.29, 0.717) is 18.3 Å². The molecule has 18 heavy (non-hydrogen) atoms. The average Bonchev–Trinajstić information content (AvgIpc) is 2.52. The van der Waals surface area contributed by atoms with Gasteiger partial charge in [0.25, 0.3) is 0 Å². The van der Waals surface area contributed by atoms with Crippen molar-refractivity contribution in [1.82, 2.24) is 5.32 Å². The SMILES string of the molecule is CCOc1ccc(C2CS(=O)CC(C)CN2)cc1. The number of nitrogens with one attached hydrogen (secondary N) is 1. The molecule has 0 radical (unpaired) electrons. The summed E-state index contributed by atoms with van der Waals surface area (Å²) in [5, 5.41) is 3.50. The highest BCUT2D eigenvalue weighted by molar-refractivity contribution is 7.85. The maximum Gasteiger partial charge on any atom is 0.119 e. The highest BCUT2D eigenvalue weighted by Crippen LogP contribution is 2.21. The third-order valence-electron chi connectivity index (χ3n) is 3.13. The molecule has 100 valence electrons. The lowest BCUT2D eigenvalue weighted by Gasteiger charge is -2.16. The zero-order valence-corrected chi connectivity index (χ0v) is 11.8. The molecule has 0 amide bonds. The molecular weight excluding hydrogens is 246 g/mol. The molecule has 3 atom stereocenters. The van der Waals surface area contributed by atoms with Gasteiger partial charge in [-0.3, -0.25) is 4.21 Å². The molecule has 1 N–H and O–H groups in total. The molecule has 1 fully saturated rings. The number of hydrogen-bond donors (Lipinski definition) is 1. The maximum absolute atomic E-state index is 11.9. The Morgan fingerprint density at radius 2 is 2.06 bits per heavy atom. The van der Waals surface area contributed by atoms with Crippen molar-refractivity contribution < 1.29 is 8.95 Å². The molecule has 3 unspecified atom stereocenters. The van der Waals surface area contributed by atoms with Crippen molar-refractivity contribution in [2.24, 2.45) is 5.92 Å². The molecule has 1 aromatic rings. The zero-order chi connectivity index (χ0) is 13.0. The Kier molecular flexibility index (Phi) is 4.78. The van der Waals surface area contributed by atoms with Crippen molar-refractivity contribution in [1.29, 1.82) is 0 Å². The summed E-state index contributed by atoms with van der Waals surface area (Å²) in [6.45, 7) is 5.74. The van der Waals surface area contributed by atoms with E-state index in [1.807, 2.05) is 19.1 Å². The van der Waals surface area contributed by atoms with Gasteiger partial charge in [0, 0.05) is 28.3 Å². The van der Waals surface area contributed by atoms with Gasteiger partial charge in [0.15, 0.2) is 0 Å². The second-order valence-corrected chi connectivity index (χ2v) is 6.39. The van der Waals surface area contributed by atoms with Crippen LogP contribution in [-0.4, -0.2) is 28.9 Å². The van der Waals surface area contributed by atoms with E-state index < -0.39 is 10.8 Å². The van der Waals surface area contributed by atoms with Gasteiger partial charge in [0.05, 0.1) is 6.61 Å². The second-order valence-electron chi connectivity index (χ2n) is 4.84. The molecular formula is C14H21NO2S. The minimum Gasteiger partial charge on any atom is -0.494 e. The quantitative estimate of drug-likeness (QED) is 0.911. The first-order valence-electron chi connectivity index (χ1n) is 6.50. The van der Waals surface area contributed by atoms with Gasteiger partial charge in [-0.05, 0) is 37.1 Å². The zero-order valence-electron chi connectivity index (χ0n) is 11.0. The van der Waals surface area contributed by atoms with Crippen LogP contribution in [0.15, 0.2) is 24.3 Å².